The van der Waals surface area contributed by atoms with E-state index in [1.165, 1.54) is 22.5 Å². The lowest BCUT2D eigenvalue weighted by Crippen LogP contribution is -2.38. The zero-order valence-electron chi connectivity index (χ0n) is 16.3. The number of carbonyl (C=O) groups excluding carboxylic acids is 1. The van der Waals surface area contributed by atoms with Crippen molar-refractivity contribution in [3.8, 4) is 0 Å². The maximum absolute atomic E-state index is 12.4. The Morgan fingerprint density at radius 2 is 1.86 bits per heavy atom. The van der Waals surface area contributed by atoms with Gasteiger partial charge in [0.15, 0.2) is 11.2 Å². The van der Waals surface area contributed by atoms with E-state index in [1.807, 2.05) is 37.4 Å². The number of benzene rings is 1. The second-order valence-electron chi connectivity index (χ2n) is 6.71. The van der Waals surface area contributed by atoms with Crippen LogP contribution in [0.25, 0.3) is 11.2 Å². The molecule has 0 atom stereocenters. The maximum atomic E-state index is 12.4. The van der Waals surface area contributed by atoms with Crippen LogP contribution in [0, 0.1) is 0 Å². The van der Waals surface area contributed by atoms with E-state index >= 15 is 0 Å². The predicted octanol–water partition coefficient (Wildman–Crippen LogP) is 0.0764. The number of hydrogen-bond acceptors (Lipinski definition) is 5. The van der Waals surface area contributed by atoms with Crippen LogP contribution in [-0.2, 0) is 25.4 Å². The predicted molar refractivity (Wildman–Crippen MR) is 108 cm³/mol. The van der Waals surface area contributed by atoms with E-state index in [1.54, 1.807) is 7.05 Å². The molecule has 3 rings (SSSR count). The monoisotopic (exact) mass is 384 g/mol. The zero-order chi connectivity index (χ0) is 20.3. The highest BCUT2D eigenvalue weighted by molar-refractivity contribution is 5.78. The van der Waals surface area contributed by atoms with E-state index in [-0.39, 0.29) is 23.6 Å². The molecule has 0 fully saturated rings. The van der Waals surface area contributed by atoms with Crippen LogP contribution in [0.3, 0.4) is 0 Å². The summed E-state index contributed by atoms with van der Waals surface area (Å²) in [5, 5.41) is 2.86. The molecule has 2 aromatic heterocycles. The molecule has 2 heterocycles. The van der Waals surface area contributed by atoms with Crippen LogP contribution in [0.1, 0.15) is 6.42 Å². The topological polar surface area (TPSA) is 94.2 Å². The molecule has 1 aromatic carbocycles. The van der Waals surface area contributed by atoms with Crippen molar-refractivity contribution >= 4 is 22.8 Å². The molecule has 0 bridgehead atoms. The highest BCUT2D eigenvalue weighted by atomic mass is 16.2. The second-order valence-corrected chi connectivity index (χ2v) is 6.71. The van der Waals surface area contributed by atoms with Crippen LogP contribution >= 0.6 is 0 Å². The summed E-state index contributed by atoms with van der Waals surface area (Å²) in [5.74, 6) is -0.211. The number of rotatable bonds is 7. The lowest BCUT2D eigenvalue weighted by atomic mass is 10.3. The number of hydrogen-bond donors (Lipinski definition) is 1. The Kier molecular flexibility index (Phi) is 5.62. The van der Waals surface area contributed by atoms with Crippen LogP contribution in [0.4, 0.5) is 5.69 Å². The number of aromatic nitrogens is 4. The summed E-state index contributed by atoms with van der Waals surface area (Å²) in [6, 6.07) is 10.0. The van der Waals surface area contributed by atoms with E-state index in [4.69, 9.17) is 0 Å². The molecule has 0 saturated carbocycles. The molecule has 1 N–H and O–H groups in total. The Hall–Kier alpha value is -3.36. The smallest absolute Gasteiger partial charge is 0.332 e. The van der Waals surface area contributed by atoms with Crippen LogP contribution in [-0.4, -0.2) is 44.7 Å². The number of anilines is 1. The van der Waals surface area contributed by atoms with Gasteiger partial charge in [0.05, 0.1) is 6.33 Å². The summed E-state index contributed by atoms with van der Waals surface area (Å²) in [4.78, 5) is 42.9. The molecule has 0 aliphatic rings. The molecule has 1 amide bonds. The van der Waals surface area contributed by atoms with Crippen molar-refractivity contribution in [2.45, 2.75) is 13.0 Å². The van der Waals surface area contributed by atoms with E-state index in [0.29, 0.717) is 6.54 Å². The molecule has 9 nitrogen and oxygen atoms in total. The van der Waals surface area contributed by atoms with Crippen LogP contribution < -0.4 is 21.5 Å². The Morgan fingerprint density at radius 1 is 1.14 bits per heavy atom. The number of carbonyl (C=O) groups is 1. The number of imidazole rings is 1. The van der Waals surface area contributed by atoms with Crippen molar-refractivity contribution < 1.29 is 4.79 Å². The zero-order valence-corrected chi connectivity index (χ0v) is 16.3. The molecule has 0 spiro atoms. The number of aryl methyl sites for hydroxylation is 1. The number of nitrogens with one attached hydrogen (secondary N) is 1. The molecule has 0 unspecified atom stereocenters. The van der Waals surface area contributed by atoms with Gasteiger partial charge in [0.25, 0.3) is 5.56 Å². The SMILES string of the molecule is CN(CCCNC(=O)Cn1cnc2c1c(=O)n(C)c(=O)n2C)c1ccccc1. The average molecular weight is 384 g/mol. The molecule has 148 valence electrons. The lowest BCUT2D eigenvalue weighted by molar-refractivity contribution is -0.121. The van der Waals surface area contributed by atoms with E-state index < -0.39 is 11.2 Å². The summed E-state index contributed by atoms with van der Waals surface area (Å²) < 4.78 is 3.78. The van der Waals surface area contributed by atoms with Crippen LogP contribution in [0.15, 0.2) is 46.2 Å². The summed E-state index contributed by atoms with van der Waals surface area (Å²) in [6.07, 6.45) is 2.20. The third kappa shape index (κ3) is 3.83. The van der Waals surface area contributed by atoms with Crippen molar-refractivity contribution in [3.05, 3.63) is 57.5 Å². The number of amides is 1. The first-order valence-corrected chi connectivity index (χ1v) is 9.04. The van der Waals surface area contributed by atoms with Crippen molar-refractivity contribution in [2.75, 3.05) is 25.0 Å². The molecule has 9 heteroatoms. The average Bonchev–Trinajstić information content (AvgIpc) is 3.12. The molecular weight excluding hydrogens is 360 g/mol. The highest BCUT2D eigenvalue weighted by Gasteiger charge is 2.15. The van der Waals surface area contributed by atoms with Gasteiger partial charge in [0.1, 0.15) is 6.54 Å². The van der Waals surface area contributed by atoms with Gasteiger partial charge in [-0.05, 0) is 18.6 Å². The van der Waals surface area contributed by atoms with Crippen molar-refractivity contribution in [3.63, 3.8) is 0 Å². The standard InChI is InChI=1S/C19H24N6O3/c1-22(14-8-5-4-6-9-14)11-7-10-20-15(26)12-25-13-21-17-16(25)18(27)24(3)19(28)23(17)2/h4-6,8-9,13H,7,10-12H2,1-3H3,(H,20,26). The Bertz CT molecular complexity index is 1100. The van der Waals surface area contributed by atoms with Gasteiger partial charge in [-0.3, -0.25) is 18.7 Å². The van der Waals surface area contributed by atoms with Gasteiger partial charge >= 0.3 is 5.69 Å². The van der Waals surface area contributed by atoms with Gasteiger partial charge < -0.3 is 14.8 Å². The second kappa shape index (κ2) is 8.12. The van der Waals surface area contributed by atoms with Gasteiger partial charge in [0, 0.05) is 39.9 Å². The summed E-state index contributed by atoms with van der Waals surface area (Å²) in [6.45, 7) is 1.30. The quantitative estimate of drug-likeness (QED) is 0.582. The van der Waals surface area contributed by atoms with E-state index in [2.05, 4.69) is 15.2 Å². The number of para-hydroxylation sites is 1. The van der Waals surface area contributed by atoms with Crippen molar-refractivity contribution in [2.24, 2.45) is 14.1 Å². The van der Waals surface area contributed by atoms with Gasteiger partial charge in [-0.15, -0.1) is 0 Å². The summed E-state index contributed by atoms with van der Waals surface area (Å²) >= 11 is 0. The summed E-state index contributed by atoms with van der Waals surface area (Å²) in [7, 11) is 4.96. The molecular formula is C19H24N6O3. The van der Waals surface area contributed by atoms with Gasteiger partial charge in [-0.25, -0.2) is 9.78 Å². The molecule has 0 aliphatic carbocycles. The molecule has 28 heavy (non-hydrogen) atoms. The number of fused-ring (bicyclic) bond motifs is 1. The summed E-state index contributed by atoms with van der Waals surface area (Å²) in [5.41, 5.74) is 0.719. The van der Waals surface area contributed by atoms with Gasteiger partial charge in [0.2, 0.25) is 5.91 Å². The normalized spacial score (nSPS) is 11.0. The molecule has 0 aliphatic heterocycles. The maximum Gasteiger partial charge on any atom is 0.332 e. The molecule has 0 radical (unpaired) electrons. The molecule has 0 saturated heterocycles. The highest BCUT2D eigenvalue weighted by Crippen LogP contribution is 2.10. The van der Waals surface area contributed by atoms with Crippen LogP contribution in [0.2, 0.25) is 0 Å². The lowest BCUT2D eigenvalue weighted by Gasteiger charge is -2.19. The largest absolute Gasteiger partial charge is 0.375 e. The fourth-order valence-electron chi connectivity index (χ4n) is 3.08. The first-order chi connectivity index (χ1) is 13.4. The molecule has 3 aromatic rings. The number of nitrogens with zero attached hydrogens (tertiary/aromatic N) is 5. The fourth-order valence-corrected chi connectivity index (χ4v) is 3.08. The van der Waals surface area contributed by atoms with E-state index in [9.17, 15) is 14.4 Å². The Labute approximate surface area is 161 Å². The first kappa shape index (κ1) is 19.4. The third-order valence-electron chi connectivity index (χ3n) is 4.72. The Balaban J connectivity index is 1.59. The minimum Gasteiger partial charge on any atom is -0.375 e. The van der Waals surface area contributed by atoms with E-state index in [0.717, 1.165) is 23.2 Å². The Morgan fingerprint density at radius 3 is 2.57 bits per heavy atom. The minimum atomic E-state index is -0.465. The van der Waals surface area contributed by atoms with Gasteiger partial charge in [-0.2, -0.15) is 0 Å². The van der Waals surface area contributed by atoms with Crippen molar-refractivity contribution in [1.82, 2.24) is 24.0 Å². The first-order valence-electron chi connectivity index (χ1n) is 9.04. The van der Waals surface area contributed by atoms with Crippen LogP contribution in [0.5, 0.6) is 0 Å². The third-order valence-corrected chi connectivity index (χ3v) is 4.72. The minimum absolute atomic E-state index is 0.0293. The van der Waals surface area contributed by atoms with Crippen molar-refractivity contribution in [1.29, 1.82) is 0 Å². The fraction of sp³-hybridized carbons (Fsp3) is 0.368. The van der Waals surface area contributed by atoms with Gasteiger partial charge in [-0.1, -0.05) is 18.2 Å².